The van der Waals surface area contributed by atoms with Crippen molar-refractivity contribution in [1.29, 1.82) is 0 Å². The molecule has 2 aromatic heterocycles. The Balaban J connectivity index is 1.66. The maximum absolute atomic E-state index is 5.39. The summed E-state index contributed by atoms with van der Waals surface area (Å²) in [6, 6.07) is 28.2. The fraction of sp³-hybridized carbons (Fsp3) is 0.0800. The molecule has 0 unspecified atom stereocenters. The molecule has 2 heterocycles. The molecule has 0 spiro atoms. The minimum atomic E-state index is 0.603. The highest BCUT2D eigenvalue weighted by Crippen LogP contribution is 2.31. The van der Waals surface area contributed by atoms with Gasteiger partial charge in [0.1, 0.15) is 6.26 Å². The molecule has 6 nitrogen and oxygen atoms in total. The van der Waals surface area contributed by atoms with Crippen molar-refractivity contribution < 1.29 is 4.52 Å². The fourth-order valence-corrected chi connectivity index (χ4v) is 3.46. The third-order valence-corrected chi connectivity index (χ3v) is 5.12. The molecular formula is C25H21N5O. The maximum atomic E-state index is 5.39. The summed E-state index contributed by atoms with van der Waals surface area (Å²) in [4.78, 5) is 6.91. The Labute approximate surface area is 180 Å². The van der Waals surface area contributed by atoms with Crippen molar-refractivity contribution >= 4 is 5.69 Å². The predicted octanol–water partition coefficient (Wildman–Crippen LogP) is 5.32. The van der Waals surface area contributed by atoms with Crippen LogP contribution in [-0.2, 0) is 0 Å². The first-order chi connectivity index (χ1) is 15.2. The number of hydrogen-bond donors (Lipinski definition) is 0. The number of aromatic nitrogens is 4. The molecule has 31 heavy (non-hydrogen) atoms. The Bertz CT molecular complexity index is 1290. The molecule has 5 rings (SSSR count). The van der Waals surface area contributed by atoms with Crippen LogP contribution in [0.1, 0.15) is 0 Å². The zero-order valence-electron chi connectivity index (χ0n) is 17.3. The normalized spacial score (nSPS) is 10.9. The number of rotatable bonds is 5. The van der Waals surface area contributed by atoms with Gasteiger partial charge in [0, 0.05) is 30.9 Å². The summed E-state index contributed by atoms with van der Waals surface area (Å²) in [7, 11) is 4.04. The average Bonchev–Trinajstić information content (AvgIpc) is 3.48. The molecule has 6 heteroatoms. The first kappa shape index (κ1) is 18.8. The lowest BCUT2D eigenvalue weighted by molar-refractivity contribution is 0.415. The van der Waals surface area contributed by atoms with E-state index in [-0.39, 0.29) is 0 Å². The second kappa shape index (κ2) is 7.91. The van der Waals surface area contributed by atoms with Gasteiger partial charge in [0.05, 0.1) is 5.56 Å². The standard InChI is InChI=1S/C25H21N5O/c1-29(2)21-15-13-18(14-16-21)22-17-31-28-25(22)30-24(20-11-7-4-8-12-20)26-23(27-30)19-9-5-3-6-10-19/h3-17H,1-2H3. The minimum Gasteiger partial charge on any atom is -0.378 e. The van der Waals surface area contributed by atoms with Crippen molar-refractivity contribution in [3.05, 3.63) is 91.2 Å². The van der Waals surface area contributed by atoms with E-state index in [4.69, 9.17) is 14.6 Å². The van der Waals surface area contributed by atoms with Gasteiger partial charge in [-0.1, -0.05) is 78.0 Å². The molecule has 0 N–H and O–H groups in total. The SMILES string of the molecule is CN(C)c1ccc(-c2conc2-n2nc(-c3ccccc3)nc2-c2ccccc2)cc1. The van der Waals surface area contributed by atoms with Crippen molar-refractivity contribution in [2.45, 2.75) is 0 Å². The Morgan fingerprint density at radius 2 is 1.39 bits per heavy atom. The summed E-state index contributed by atoms with van der Waals surface area (Å²) >= 11 is 0. The van der Waals surface area contributed by atoms with Gasteiger partial charge in [0.25, 0.3) is 0 Å². The molecule has 0 amide bonds. The van der Waals surface area contributed by atoms with E-state index in [1.165, 1.54) is 0 Å². The van der Waals surface area contributed by atoms with E-state index in [1.807, 2.05) is 74.8 Å². The van der Waals surface area contributed by atoms with Crippen LogP contribution in [0.2, 0.25) is 0 Å². The minimum absolute atomic E-state index is 0.603. The quantitative estimate of drug-likeness (QED) is 0.394. The van der Waals surface area contributed by atoms with Gasteiger partial charge in [-0.3, -0.25) is 0 Å². The third-order valence-electron chi connectivity index (χ3n) is 5.12. The number of nitrogens with zero attached hydrogens (tertiary/aromatic N) is 5. The molecule has 3 aromatic carbocycles. The van der Waals surface area contributed by atoms with Crippen LogP contribution >= 0.6 is 0 Å². The topological polar surface area (TPSA) is 60.0 Å². The highest BCUT2D eigenvalue weighted by atomic mass is 16.5. The predicted molar refractivity (Wildman–Crippen MR) is 122 cm³/mol. The van der Waals surface area contributed by atoms with Crippen molar-refractivity contribution in [3.8, 4) is 39.7 Å². The van der Waals surface area contributed by atoms with Crippen LogP contribution in [-0.4, -0.2) is 34.0 Å². The van der Waals surface area contributed by atoms with E-state index in [1.54, 1.807) is 10.9 Å². The highest BCUT2D eigenvalue weighted by molar-refractivity contribution is 5.73. The molecule has 0 aliphatic rings. The molecule has 0 bridgehead atoms. The van der Waals surface area contributed by atoms with Gasteiger partial charge in [0.2, 0.25) is 5.82 Å². The van der Waals surface area contributed by atoms with E-state index in [0.717, 1.165) is 27.9 Å². The molecule has 152 valence electrons. The van der Waals surface area contributed by atoms with Crippen LogP contribution in [0.4, 0.5) is 5.69 Å². The van der Waals surface area contributed by atoms with Crippen LogP contribution in [0.5, 0.6) is 0 Å². The Morgan fingerprint density at radius 3 is 2.03 bits per heavy atom. The summed E-state index contributed by atoms with van der Waals surface area (Å²) in [5.41, 5.74) is 4.87. The van der Waals surface area contributed by atoms with Crippen molar-refractivity contribution in [2.75, 3.05) is 19.0 Å². The summed E-state index contributed by atoms with van der Waals surface area (Å²) in [5, 5.41) is 9.09. The van der Waals surface area contributed by atoms with Gasteiger partial charge in [-0.2, -0.15) is 4.68 Å². The zero-order valence-corrected chi connectivity index (χ0v) is 17.3. The molecule has 0 aliphatic heterocycles. The number of anilines is 1. The van der Waals surface area contributed by atoms with Crippen LogP contribution in [0, 0.1) is 0 Å². The lowest BCUT2D eigenvalue weighted by atomic mass is 10.1. The second-order valence-corrected chi connectivity index (χ2v) is 7.40. The van der Waals surface area contributed by atoms with Crippen molar-refractivity contribution in [3.63, 3.8) is 0 Å². The zero-order chi connectivity index (χ0) is 21.2. The monoisotopic (exact) mass is 407 g/mol. The van der Waals surface area contributed by atoms with Crippen LogP contribution < -0.4 is 4.90 Å². The molecular weight excluding hydrogens is 386 g/mol. The number of hydrogen-bond acceptors (Lipinski definition) is 5. The molecule has 0 atom stereocenters. The molecule has 0 radical (unpaired) electrons. The third kappa shape index (κ3) is 3.59. The molecule has 0 saturated heterocycles. The summed E-state index contributed by atoms with van der Waals surface area (Å²) in [5.74, 6) is 1.95. The number of benzene rings is 3. The lowest BCUT2D eigenvalue weighted by Crippen LogP contribution is -2.08. The van der Waals surface area contributed by atoms with Gasteiger partial charge in [-0.25, -0.2) is 4.98 Å². The van der Waals surface area contributed by atoms with Gasteiger partial charge in [-0.15, -0.1) is 5.10 Å². The van der Waals surface area contributed by atoms with E-state index >= 15 is 0 Å². The summed E-state index contributed by atoms with van der Waals surface area (Å²) < 4.78 is 7.15. The van der Waals surface area contributed by atoms with E-state index in [0.29, 0.717) is 17.5 Å². The fourth-order valence-electron chi connectivity index (χ4n) is 3.46. The van der Waals surface area contributed by atoms with E-state index in [9.17, 15) is 0 Å². The second-order valence-electron chi connectivity index (χ2n) is 7.40. The lowest BCUT2D eigenvalue weighted by Gasteiger charge is -2.12. The smallest absolute Gasteiger partial charge is 0.206 e. The van der Waals surface area contributed by atoms with Crippen molar-refractivity contribution in [2.24, 2.45) is 0 Å². The van der Waals surface area contributed by atoms with Gasteiger partial charge < -0.3 is 9.42 Å². The van der Waals surface area contributed by atoms with Crippen LogP contribution in [0.3, 0.4) is 0 Å². The largest absolute Gasteiger partial charge is 0.378 e. The average molecular weight is 407 g/mol. The van der Waals surface area contributed by atoms with E-state index in [2.05, 4.69) is 34.3 Å². The van der Waals surface area contributed by atoms with Crippen LogP contribution in [0.15, 0.2) is 95.7 Å². The highest BCUT2D eigenvalue weighted by Gasteiger charge is 2.20. The summed E-state index contributed by atoms with van der Waals surface area (Å²) in [6.07, 6.45) is 1.65. The molecule has 0 fully saturated rings. The Kier molecular flexibility index (Phi) is 4.80. The van der Waals surface area contributed by atoms with Crippen LogP contribution in [0.25, 0.3) is 39.7 Å². The van der Waals surface area contributed by atoms with Gasteiger partial charge in [-0.05, 0) is 17.7 Å². The molecule has 5 aromatic rings. The Morgan fingerprint density at radius 1 is 0.742 bits per heavy atom. The van der Waals surface area contributed by atoms with Crippen molar-refractivity contribution in [1.82, 2.24) is 19.9 Å². The van der Waals surface area contributed by atoms with Gasteiger partial charge >= 0.3 is 0 Å². The molecule has 0 saturated carbocycles. The Hall–Kier alpha value is -4.19. The van der Waals surface area contributed by atoms with E-state index < -0.39 is 0 Å². The maximum Gasteiger partial charge on any atom is 0.206 e. The molecule has 0 aliphatic carbocycles. The van der Waals surface area contributed by atoms with Gasteiger partial charge in [0.15, 0.2) is 11.6 Å². The first-order valence-electron chi connectivity index (χ1n) is 10.0. The first-order valence-corrected chi connectivity index (χ1v) is 10.0. The summed E-state index contributed by atoms with van der Waals surface area (Å²) in [6.45, 7) is 0.